The van der Waals surface area contributed by atoms with Crippen LogP contribution in [0.3, 0.4) is 0 Å². The fourth-order valence-corrected chi connectivity index (χ4v) is 4.02. The van der Waals surface area contributed by atoms with E-state index in [4.69, 9.17) is 5.73 Å². The molecule has 2 fully saturated rings. The van der Waals surface area contributed by atoms with Crippen LogP contribution in [0.2, 0.25) is 0 Å². The van der Waals surface area contributed by atoms with Gasteiger partial charge in [-0.1, -0.05) is 24.3 Å². The maximum atomic E-state index is 12.5. The zero-order valence-electron chi connectivity index (χ0n) is 14.9. The standard InChI is InChI=1S/C20H31N3O/c1-16-5-2-3-6-19(16)15-22-7-4-8-23(10-9-22)20(24)13-17-11-18(12-17)14-21/h2-3,5-6,17-18H,4,7-15,21H2,1H3. The molecule has 0 radical (unpaired) electrons. The van der Waals surface area contributed by atoms with Gasteiger partial charge in [-0.25, -0.2) is 0 Å². The summed E-state index contributed by atoms with van der Waals surface area (Å²) >= 11 is 0. The van der Waals surface area contributed by atoms with Gasteiger partial charge in [0.25, 0.3) is 0 Å². The summed E-state index contributed by atoms with van der Waals surface area (Å²) in [6.45, 7) is 7.80. The lowest BCUT2D eigenvalue weighted by Gasteiger charge is -2.35. The van der Waals surface area contributed by atoms with Crippen LogP contribution >= 0.6 is 0 Å². The first-order valence-electron chi connectivity index (χ1n) is 9.40. The van der Waals surface area contributed by atoms with E-state index in [0.717, 1.165) is 65.0 Å². The minimum absolute atomic E-state index is 0.355. The van der Waals surface area contributed by atoms with Crippen molar-refractivity contribution in [2.45, 2.75) is 39.2 Å². The molecule has 0 atom stereocenters. The van der Waals surface area contributed by atoms with E-state index in [1.807, 2.05) is 0 Å². The number of aryl methyl sites for hydroxylation is 1. The zero-order valence-corrected chi connectivity index (χ0v) is 14.9. The Bertz CT molecular complexity index is 554. The predicted molar refractivity (Wildman–Crippen MR) is 97.5 cm³/mol. The molecule has 132 valence electrons. The number of carbonyl (C=O) groups excluding carboxylic acids is 1. The highest BCUT2D eigenvalue weighted by atomic mass is 16.2. The van der Waals surface area contributed by atoms with Crippen molar-refractivity contribution in [2.75, 3.05) is 32.7 Å². The van der Waals surface area contributed by atoms with Gasteiger partial charge in [-0.2, -0.15) is 0 Å². The van der Waals surface area contributed by atoms with Crippen LogP contribution in [-0.2, 0) is 11.3 Å². The fraction of sp³-hybridized carbons (Fsp3) is 0.650. The normalized spacial score (nSPS) is 25.2. The Morgan fingerprint density at radius 3 is 2.67 bits per heavy atom. The minimum Gasteiger partial charge on any atom is -0.341 e. The van der Waals surface area contributed by atoms with E-state index in [1.165, 1.54) is 11.1 Å². The molecule has 1 aliphatic heterocycles. The van der Waals surface area contributed by atoms with Crippen LogP contribution < -0.4 is 5.73 Å². The predicted octanol–water partition coefficient (Wildman–Crippen LogP) is 2.40. The number of hydrogen-bond donors (Lipinski definition) is 1. The molecule has 4 nitrogen and oxygen atoms in total. The summed E-state index contributed by atoms with van der Waals surface area (Å²) < 4.78 is 0. The first-order chi connectivity index (χ1) is 11.7. The number of carbonyl (C=O) groups is 1. The molecule has 1 saturated carbocycles. The molecule has 3 rings (SSSR count). The summed E-state index contributed by atoms with van der Waals surface area (Å²) in [5.74, 6) is 1.60. The van der Waals surface area contributed by atoms with Crippen molar-refractivity contribution in [3.63, 3.8) is 0 Å². The highest BCUT2D eigenvalue weighted by Gasteiger charge is 2.31. The molecule has 2 N–H and O–H groups in total. The van der Waals surface area contributed by atoms with Crippen LogP contribution in [0.5, 0.6) is 0 Å². The highest BCUT2D eigenvalue weighted by Crippen LogP contribution is 2.35. The Labute approximate surface area is 146 Å². The molecule has 1 aromatic rings. The molecular formula is C20H31N3O. The van der Waals surface area contributed by atoms with Crippen LogP contribution in [-0.4, -0.2) is 48.4 Å². The monoisotopic (exact) mass is 329 g/mol. The summed E-state index contributed by atoms with van der Waals surface area (Å²) in [6.07, 6.45) is 4.10. The van der Waals surface area contributed by atoms with E-state index >= 15 is 0 Å². The summed E-state index contributed by atoms with van der Waals surface area (Å²) in [5, 5.41) is 0. The number of amides is 1. The van der Waals surface area contributed by atoms with Crippen molar-refractivity contribution in [1.82, 2.24) is 9.80 Å². The van der Waals surface area contributed by atoms with Crippen molar-refractivity contribution >= 4 is 5.91 Å². The van der Waals surface area contributed by atoms with E-state index < -0.39 is 0 Å². The topological polar surface area (TPSA) is 49.6 Å². The Hall–Kier alpha value is -1.39. The van der Waals surface area contributed by atoms with E-state index in [9.17, 15) is 4.79 Å². The molecular weight excluding hydrogens is 298 g/mol. The zero-order chi connectivity index (χ0) is 16.9. The van der Waals surface area contributed by atoms with Crippen molar-refractivity contribution in [1.29, 1.82) is 0 Å². The summed E-state index contributed by atoms with van der Waals surface area (Å²) in [7, 11) is 0. The van der Waals surface area contributed by atoms with Gasteiger partial charge in [-0.3, -0.25) is 9.69 Å². The lowest BCUT2D eigenvalue weighted by atomic mass is 9.73. The average molecular weight is 329 g/mol. The fourth-order valence-electron chi connectivity index (χ4n) is 4.02. The molecule has 1 saturated heterocycles. The quantitative estimate of drug-likeness (QED) is 0.902. The number of hydrogen-bond acceptors (Lipinski definition) is 3. The molecule has 0 aromatic heterocycles. The van der Waals surface area contributed by atoms with Gasteiger partial charge >= 0.3 is 0 Å². The Kier molecular flexibility index (Phi) is 5.90. The number of nitrogens with two attached hydrogens (primary N) is 1. The molecule has 1 aromatic carbocycles. The first kappa shape index (κ1) is 17.4. The van der Waals surface area contributed by atoms with Crippen molar-refractivity contribution in [2.24, 2.45) is 17.6 Å². The minimum atomic E-state index is 0.355. The van der Waals surface area contributed by atoms with Crippen LogP contribution in [0.1, 0.15) is 36.8 Å². The van der Waals surface area contributed by atoms with Crippen LogP contribution in [0.15, 0.2) is 24.3 Å². The second-order valence-electron chi connectivity index (χ2n) is 7.58. The highest BCUT2D eigenvalue weighted by molar-refractivity contribution is 5.76. The molecule has 0 unspecified atom stereocenters. The van der Waals surface area contributed by atoms with Gasteiger partial charge in [0.05, 0.1) is 0 Å². The Morgan fingerprint density at radius 1 is 1.12 bits per heavy atom. The third kappa shape index (κ3) is 4.37. The van der Waals surface area contributed by atoms with Crippen molar-refractivity contribution in [3.8, 4) is 0 Å². The van der Waals surface area contributed by atoms with Gasteiger partial charge in [0.15, 0.2) is 0 Å². The van der Waals surface area contributed by atoms with Gasteiger partial charge in [-0.15, -0.1) is 0 Å². The first-order valence-corrected chi connectivity index (χ1v) is 9.40. The molecule has 1 heterocycles. The van der Waals surface area contributed by atoms with E-state index in [2.05, 4.69) is 41.0 Å². The van der Waals surface area contributed by atoms with Crippen LogP contribution in [0, 0.1) is 18.8 Å². The number of rotatable bonds is 5. The van der Waals surface area contributed by atoms with Gasteiger partial charge in [-0.05, 0) is 55.7 Å². The summed E-state index contributed by atoms with van der Waals surface area (Å²) in [6, 6.07) is 8.60. The van der Waals surface area contributed by atoms with Crippen LogP contribution in [0.4, 0.5) is 0 Å². The number of nitrogens with zero attached hydrogens (tertiary/aromatic N) is 2. The molecule has 2 aliphatic rings. The SMILES string of the molecule is Cc1ccccc1CN1CCCN(C(=O)CC2CC(CN)C2)CC1. The van der Waals surface area contributed by atoms with Crippen LogP contribution in [0.25, 0.3) is 0 Å². The second-order valence-corrected chi connectivity index (χ2v) is 7.58. The smallest absolute Gasteiger partial charge is 0.222 e. The lowest BCUT2D eigenvalue weighted by molar-refractivity contribution is -0.133. The lowest BCUT2D eigenvalue weighted by Crippen LogP contribution is -2.38. The largest absolute Gasteiger partial charge is 0.341 e. The molecule has 0 bridgehead atoms. The van der Waals surface area contributed by atoms with E-state index in [0.29, 0.717) is 17.7 Å². The van der Waals surface area contributed by atoms with Crippen molar-refractivity contribution in [3.05, 3.63) is 35.4 Å². The van der Waals surface area contributed by atoms with Gasteiger partial charge in [0.1, 0.15) is 0 Å². The molecule has 0 spiro atoms. The summed E-state index contributed by atoms with van der Waals surface area (Å²) in [5.41, 5.74) is 8.44. The van der Waals surface area contributed by atoms with Crippen molar-refractivity contribution < 1.29 is 4.79 Å². The third-order valence-corrected chi connectivity index (χ3v) is 5.73. The Balaban J connectivity index is 1.46. The van der Waals surface area contributed by atoms with Gasteiger partial charge in [0, 0.05) is 39.1 Å². The second kappa shape index (κ2) is 8.13. The molecule has 4 heteroatoms. The van der Waals surface area contributed by atoms with Gasteiger partial charge in [0.2, 0.25) is 5.91 Å². The molecule has 1 aliphatic carbocycles. The average Bonchev–Trinajstić information content (AvgIpc) is 2.78. The van der Waals surface area contributed by atoms with E-state index in [-0.39, 0.29) is 0 Å². The Morgan fingerprint density at radius 2 is 1.92 bits per heavy atom. The molecule has 24 heavy (non-hydrogen) atoms. The maximum absolute atomic E-state index is 12.5. The van der Waals surface area contributed by atoms with Gasteiger partial charge < -0.3 is 10.6 Å². The number of benzene rings is 1. The molecule has 1 amide bonds. The maximum Gasteiger partial charge on any atom is 0.222 e. The summed E-state index contributed by atoms with van der Waals surface area (Å²) in [4.78, 5) is 17.1. The van der Waals surface area contributed by atoms with E-state index in [1.54, 1.807) is 0 Å². The third-order valence-electron chi connectivity index (χ3n) is 5.73.